The summed E-state index contributed by atoms with van der Waals surface area (Å²) >= 11 is 0. The second kappa shape index (κ2) is 6.47. The molecule has 0 fully saturated rings. The van der Waals surface area contributed by atoms with Gasteiger partial charge in [0.15, 0.2) is 0 Å². The number of hydrogen-bond acceptors (Lipinski definition) is 6. The van der Waals surface area contributed by atoms with Crippen LogP contribution in [0.3, 0.4) is 0 Å². The van der Waals surface area contributed by atoms with Gasteiger partial charge in [-0.1, -0.05) is 6.07 Å². The molecule has 10 nitrogen and oxygen atoms in total. The average molecular weight is 319 g/mol. The molecule has 0 aliphatic heterocycles. The van der Waals surface area contributed by atoms with Crippen molar-refractivity contribution in [3.8, 4) is 17.3 Å². The maximum atomic E-state index is 12.0. The molecule has 0 aliphatic rings. The summed E-state index contributed by atoms with van der Waals surface area (Å²) in [6.07, 6.45) is 0.870. The predicted molar refractivity (Wildman–Crippen MR) is 81.2 cm³/mol. The molecule has 0 radical (unpaired) electrons. The number of urea groups is 1. The van der Waals surface area contributed by atoms with E-state index in [2.05, 4.69) is 5.10 Å². The number of hydrogen-bond donors (Lipinski definition) is 4. The number of methoxy groups -OCH3 is 1. The molecule has 0 aliphatic carbocycles. The van der Waals surface area contributed by atoms with Crippen molar-refractivity contribution in [1.29, 1.82) is 0 Å². The number of aromatic amines is 1. The van der Waals surface area contributed by atoms with Crippen LogP contribution in [-0.2, 0) is 0 Å². The molecule has 5 N–H and O–H groups in total. The summed E-state index contributed by atoms with van der Waals surface area (Å²) in [6, 6.07) is 5.33. The van der Waals surface area contributed by atoms with Crippen molar-refractivity contribution in [2.75, 3.05) is 7.11 Å². The van der Waals surface area contributed by atoms with Crippen LogP contribution in [0.25, 0.3) is 5.69 Å². The summed E-state index contributed by atoms with van der Waals surface area (Å²) in [6.45, 7) is 0. The van der Waals surface area contributed by atoms with E-state index in [9.17, 15) is 19.5 Å². The van der Waals surface area contributed by atoms with E-state index in [0.29, 0.717) is 5.75 Å². The molecule has 0 spiro atoms. The molecule has 0 atom stereocenters. The van der Waals surface area contributed by atoms with Gasteiger partial charge in [0.2, 0.25) is 5.88 Å². The smallest absolute Gasteiger partial charge is 0.335 e. The monoisotopic (exact) mass is 319 g/mol. The van der Waals surface area contributed by atoms with Crippen LogP contribution in [0.15, 0.2) is 39.0 Å². The van der Waals surface area contributed by atoms with Crippen LogP contribution in [0.4, 0.5) is 4.79 Å². The molecule has 1 heterocycles. The summed E-state index contributed by atoms with van der Waals surface area (Å²) < 4.78 is 5.90. The minimum Gasteiger partial charge on any atom is -0.497 e. The normalized spacial score (nSPS) is 10.7. The van der Waals surface area contributed by atoms with E-state index in [1.165, 1.54) is 19.2 Å². The Labute approximate surface area is 128 Å². The molecule has 0 bridgehead atoms. The van der Waals surface area contributed by atoms with Gasteiger partial charge in [0, 0.05) is 6.07 Å². The minimum atomic E-state index is -0.946. The SMILES string of the molecule is COc1cccc(-n2c(O)c(C=NNC(N)=O)c(=O)[nH]c2=O)c1. The van der Waals surface area contributed by atoms with E-state index in [0.717, 1.165) is 10.8 Å². The van der Waals surface area contributed by atoms with Gasteiger partial charge in [-0.05, 0) is 12.1 Å². The molecule has 0 unspecified atom stereocenters. The maximum absolute atomic E-state index is 12.0. The van der Waals surface area contributed by atoms with Crippen molar-refractivity contribution >= 4 is 12.2 Å². The number of carbonyl (C=O) groups excluding carboxylic acids is 1. The highest BCUT2D eigenvalue weighted by molar-refractivity contribution is 5.83. The fourth-order valence-electron chi connectivity index (χ4n) is 1.80. The zero-order valence-corrected chi connectivity index (χ0v) is 11.9. The van der Waals surface area contributed by atoms with Gasteiger partial charge in [-0.2, -0.15) is 5.10 Å². The molecular formula is C13H13N5O5. The van der Waals surface area contributed by atoms with E-state index in [4.69, 9.17) is 10.5 Å². The third-order valence-corrected chi connectivity index (χ3v) is 2.80. The first kappa shape index (κ1) is 15.8. The number of nitrogens with two attached hydrogens (primary N) is 1. The summed E-state index contributed by atoms with van der Waals surface area (Å²) in [5, 5.41) is 13.6. The number of rotatable bonds is 4. The van der Waals surface area contributed by atoms with Gasteiger partial charge < -0.3 is 15.6 Å². The molecule has 23 heavy (non-hydrogen) atoms. The minimum absolute atomic E-state index is 0.264. The first-order valence-corrected chi connectivity index (χ1v) is 6.25. The maximum Gasteiger partial charge on any atom is 0.335 e. The summed E-state index contributed by atoms with van der Waals surface area (Å²) in [4.78, 5) is 36.3. The number of hydrazone groups is 1. The zero-order valence-electron chi connectivity index (χ0n) is 11.9. The number of ether oxygens (including phenoxy) is 1. The number of benzene rings is 1. The molecule has 2 rings (SSSR count). The van der Waals surface area contributed by atoms with E-state index in [1.54, 1.807) is 12.1 Å². The van der Waals surface area contributed by atoms with Gasteiger partial charge in [0.05, 0.1) is 19.0 Å². The van der Waals surface area contributed by atoms with Crippen LogP contribution in [0.5, 0.6) is 11.6 Å². The van der Waals surface area contributed by atoms with Crippen LogP contribution < -0.4 is 27.1 Å². The summed E-state index contributed by atoms with van der Waals surface area (Å²) in [5.41, 5.74) is 4.92. The lowest BCUT2D eigenvalue weighted by molar-refractivity contribution is 0.249. The van der Waals surface area contributed by atoms with Crippen molar-refractivity contribution in [2.24, 2.45) is 10.8 Å². The van der Waals surface area contributed by atoms with Crippen molar-refractivity contribution in [1.82, 2.24) is 15.0 Å². The Morgan fingerprint density at radius 3 is 2.87 bits per heavy atom. The Morgan fingerprint density at radius 2 is 2.22 bits per heavy atom. The van der Waals surface area contributed by atoms with Crippen molar-refractivity contribution < 1.29 is 14.6 Å². The van der Waals surface area contributed by atoms with E-state index in [1.807, 2.05) is 10.4 Å². The molecule has 2 amide bonds. The number of amides is 2. The number of carbonyl (C=O) groups is 1. The number of primary amides is 1. The highest BCUT2D eigenvalue weighted by Gasteiger charge is 2.14. The van der Waals surface area contributed by atoms with Gasteiger partial charge in [-0.25, -0.2) is 19.6 Å². The van der Waals surface area contributed by atoms with E-state index < -0.39 is 23.2 Å². The highest BCUT2D eigenvalue weighted by Crippen LogP contribution is 2.19. The Kier molecular flexibility index (Phi) is 4.45. The molecule has 1 aromatic carbocycles. The number of aromatic hydroxyl groups is 1. The molecule has 0 saturated heterocycles. The first-order chi connectivity index (χ1) is 10.9. The summed E-state index contributed by atoms with van der Waals surface area (Å²) in [7, 11) is 1.45. The lowest BCUT2D eigenvalue weighted by atomic mass is 10.2. The van der Waals surface area contributed by atoms with Gasteiger partial charge in [-0.15, -0.1) is 0 Å². The third-order valence-electron chi connectivity index (χ3n) is 2.80. The predicted octanol–water partition coefficient (Wildman–Crippen LogP) is -0.758. The average Bonchev–Trinajstić information content (AvgIpc) is 2.50. The zero-order chi connectivity index (χ0) is 17.0. The van der Waals surface area contributed by atoms with Gasteiger partial charge in [0.25, 0.3) is 5.56 Å². The molecule has 120 valence electrons. The highest BCUT2D eigenvalue weighted by atomic mass is 16.5. The lowest BCUT2D eigenvalue weighted by Crippen LogP contribution is -2.32. The molecule has 2 aromatic rings. The fraction of sp³-hybridized carbons (Fsp3) is 0.0769. The third kappa shape index (κ3) is 3.37. The second-order valence-corrected chi connectivity index (χ2v) is 4.27. The quantitative estimate of drug-likeness (QED) is 0.431. The van der Waals surface area contributed by atoms with Crippen LogP contribution >= 0.6 is 0 Å². The topological polar surface area (TPSA) is 152 Å². The molecule has 1 aromatic heterocycles. The Balaban J connectivity index is 2.60. The van der Waals surface area contributed by atoms with Crippen molar-refractivity contribution in [2.45, 2.75) is 0 Å². The van der Waals surface area contributed by atoms with Crippen LogP contribution in [0.1, 0.15) is 5.56 Å². The Bertz CT molecular complexity index is 883. The number of nitrogens with one attached hydrogen (secondary N) is 2. The van der Waals surface area contributed by atoms with Crippen LogP contribution in [-0.4, -0.2) is 34.0 Å². The second-order valence-electron chi connectivity index (χ2n) is 4.27. The number of H-pyrrole nitrogens is 1. The molecule has 0 saturated carbocycles. The Morgan fingerprint density at radius 1 is 1.48 bits per heavy atom. The molecule has 10 heteroatoms. The largest absolute Gasteiger partial charge is 0.497 e. The first-order valence-electron chi connectivity index (χ1n) is 6.25. The van der Waals surface area contributed by atoms with E-state index >= 15 is 0 Å². The number of aromatic nitrogens is 2. The van der Waals surface area contributed by atoms with Gasteiger partial charge >= 0.3 is 11.7 Å². The van der Waals surface area contributed by atoms with E-state index in [-0.39, 0.29) is 11.3 Å². The Hall–Kier alpha value is -3.56. The van der Waals surface area contributed by atoms with Crippen LogP contribution in [0.2, 0.25) is 0 Å². The molecular weight excluding hydrogens is 306 g/mol. The van der Waals surface area contributed by atoms with Crippen molar-refractivity contribution in [3.63, 3.8) is 0 Å². The summed E-state index contributed by atoms with van der Waals surface area (Å²) in [5.74, 6) is -0.201. The van der Waals surface area contributed by atoms with Crippen LogP contribution in [0, 0.1) is 0 Å². The van der Waals surface area contributed by atoms with Gasteiger partial charge in [0.1, 0.15) is 11.3 Å². The lowest BCUT2D eigenvalue weighted by Gasteiger charge is -2.10. The standard InChI is InChI=1S/C13H13N5O5/c1-23-8-4-2-3-7(5-8)18-11(20)9(6-15-17-12(14)21)10(19)16-13(18)22/h2-6,20H,1H3,(H3,14,17,21)(H,16,19,22). The van der Waals surface area contributed by atoms with Crippen molar-refractivity contribution in [3.05, 3.63) is 50.7 Å². The fourth-order valence-corrected chi connectivity index (χ4v) is 1.80. The van der Waals surface area contributed by atoms with Gasteiger partial charge in [-0.3, -0.25) is 9.78 Å². The number of nitrogens with zero attached hydrogens (tertiary/aromatic N) is 2.